The monoisotopic (exact) mass is 204 g/mol. The van der Waals surface area contributed by atoms with Gasteiger partial charge in [0, 0.05) is 0 Å². The summed E-state index contributed by atoms with van der Waals surface area (Å²) >= 11 is 11.1. The highest BCUT2D eigenvalue weighted by atomic mass is 35.7. The van der Waals surface area contributed by atoms with Gasteiger partial charge in [-0.15, -0.1) is 11.6 Å². The van der Waals surface area contributed by atoms with Crippen molar-refractivity contribution in [1.29, 1.82) is 0 Å². The predicted molar refractivity (Wildman–Crippen MR) is 45.0 cm³/mol. The molecule has 10 heavy (non-hydrogen) atoms. The van der Waals surface area contributed by atoms with Crippen molar-refractivity contribution in [3.63, 3.8) is 0 Å². The first-order chi connectivity index (χ1) is 4.54. The number of hydrogen-bond donors (Lipinski definition) is 0. The van der Waals surface area contributed by atoms with E-state index in [-0.39, 0.29) is 0 Å². The van der Waals surface area contributed by atoms with E-state index in [4.69, 9.17) is 27.4 Å². The fourth-order valence-corrected chi connectivity index (χ4v) is 2.30. The summed E-state index contributed by atoms with van der Waals surface area (Å²) in [6.07, 6.45) is 0.558. The first-order valence-corrected chi connectivity index (χ1v) is 6.16. The fraction of sp³-hybridized carbons (Fsp3) is 1.00. The average molecular weight is 205 g/mol. The van der Waals surface area contributed by atoms with Crippen LogP contribution in [0.5, 0.6) is 0 Å². The van der Waals surface area contributed by atoms with Crippen molar-refractivity contribution in [3.05, 3.63) is 0 Å². The van der Waals surface area contributed by atoms with Gasteiger partial charge in [0.15, 0.2) is 0 Å². The molecule has 5 heteroatoms. The molecule has 62 valence electrons. The lowest BCUT2D eigenvalue weighted by Crippen LogP contribution is -1.97. The second kappa shape index (κ2) is 4.61. The Kier molecular flexibility index (Phi) is 4.96. The minimum absolute atomic E-state index is 0.337. The van der Waals surface area contributed by atoms with Crippen LogP contribution in [0.15, 0.2) is 0 Å². The lowest BCUT2D eigenvalue weighted by atomic mass is 10.6. The van der Waals surface area contributed by atoms with Crippen molar-refractivity contribution >= 4 is 29.6 Å². The zero-order valence-electron chi connectivity index (χ0n) is 6.01. The van der Waals surface area contributed by atoms with E-state index in [1.54, 1.807) is 6.92 Å². The van der Waals surface area contributed by atoms with Gasteiger partial charge in [-0.3, -0.25) is 4.57 Å². The van der Waals surface area contributed by atoms with E-state index in [0.29, 0.717) is 13.0 Å². The summed E-state index contributed by atoms with van der Waals surface area (Å²) in [5, 5.41) is -0.561. The molecule has 2 unspecified atom stereocenters. The molecule has 0 saturated heterocycles. The van der Waals surface area contributed by atoms with E-state index >= 15 is 0 Å². The molecule has 0 rings (SSSR count). The van der Waals surface area contributed by atoms with Crippen LogP contribution in [0.25, 0.3) is 0 Å². The molecule has 0 heterocycles. The third-order valence-corrected chi connectivity index (χ3v) is 5.00. The van der Waals surface area contributed by atoms with Crippen LogP contribution in [-0.2, 0) is 9.09 Å². The van der Waals surface area contributed by atoms with Crippen molar-refractivity contribution in [2.75, 3.05) is 6.61 Å². The van der Waals surface area contributed by atoms with Gasteiger partial charge in [-0.1, -0.05) is 6.92 Å². The van der Waals surface area contributed by atoms with Gasteiger partial charge < -0.3 is 4.52 Å². The van der Waals surface area contributed by atoms with Gasteiger partial charge in [-0.25, -0.2) is 0 Å². The molecule has 0 spiro atoms. The second-order valence-electron chi connectivity index (χ2n) is 1.78. The van der Waals surface area contributed by atoms with Gasteiger partial charge in [-0.05, 0) is 24.6 Å². The maximum atomic E-state index is 11.2. The standard InChI is InChI=1S/C5H11Cl2O2P/c1-3-5(6)10(7,8)9-4-2/h5H,3-4H2,1-2H3. The van der Waals surface area contributed by atoms with Crippen LogP contribution >= 0.6 is 29.6 Å². The Morgan fingerprint density at radius 2 is 2.10 bits per heavy atom. The highest BCUT2D eigenvalue weighted by molar-refractivity contribution is 7.87. The van der Waals surface area contributed by atoms with E-state index < -0.39 is 11.8 Å². The first-order valence-electron chi connectivity index (χ1n) is 3.12. The SMILES string of the molecule is CCOP(=O)(Cl)C(Cl)CC. The van der Waals surface area contributed by atoms with Crippen molar-refractivity contribution in [1.82, 2.24) is 0 Å². The molecule has 2 nitrogen and oxygen atoms in total. The zero-order chi connectivity index (χ0) is 8.20. The van der Waals surface area contributed by atoms with E-state index in [9.17, 15) is 4.57 Å². The summed E-state index contributed by atoms with van der Waals surface area (Å²) in [7, 11) is 0. The molecule has 0 radical (unpaired) electrons. The van der Waals surface area contributed by atoms with Gasteiger partial charge in [0.25, 0.3) is 0 Å². The summed E-state index contributed by atoms with van der Waals surface area (Å²) < 4.78 is 15.9. The van der Waals surface area contributed by atoms with Gasteiger partial charge >= 0.3 is 6.72 Å². The van der Waals surface area contributed by atoms with Gasteiger partial charge in [0.05, 0.1) is 6.61 Å². The molecule has 0 aromatic heterocycles. The molecule has 0 aromatic carbocycles. The number of rotatable bonds is 4. The zero-order valence-corrected chi connectivity index (χ0v) is 8.42. The lowest BCUT2D eigenvalue weighted by molar-refractivity contribution is 0.342. The average Bonchev–Trinajstić information content (AvgIpc) is 1.86. The Bertz CT molecular complexity index is 140. The molecule has 0 bridgehead atoms. The highest BCUT2D eigenvalue weighted by Crippen LogP contribution is 2.59. The Hall–Kier alpha value is 0.770. The van der Waals surface area contributed by atoms with Crippen LogP contribution in [0, 0.1) is 0 Å². The Morgan fingerprint density at radius 3 is 2.40 bits per heavy atom. The van der Waals surface area contributed by atoms with Crippen LogP contribution in [0.3, 0.4) is 0 Å². The summed E-state index contributed by atoms with van der Waals surface area (Å²) in [5.74, 6) is 0. The summed E-state index contributed by atoms with van der Waals surface area (Å²) in [5.41, 5.74) is 0. The minimum atomic E-state index is -3.05. The highest BCUT2D eigenvalue weighted by Gasteiger charge is 2.27. The summed E-state index contributed by atoms with van der Waals surface area (Å²) in [4.78, 5) is 0. The van der Waals surface area contributed by atoms with Crippen LogP contribution in [-0.4, -0.2) is 11.7 Å². The molecular formula is C5H11Cl2O2P. The maximum Gasteiger partial charge on any atom is 0.307 e. The van der Waals surface area contributed by atoms with Crippen molar-refractivity contribution in [2.45, 2.75) is 25.4 Å². The van der Waals surface area contributed by atoms with E-state index in [1.807, 2.05) is 6.92 Å². The minimum Gasteiger partial charge on any atom is -0.317 e. The number of alkyl halides is 1. The molecular weight excluding hydrogens is 194 g/mol. The number of hydrogen-bond acceptors (Lipinski definition) is 2. The Morgan fingerprint density at radius 1 is 1.60 bits per heavy atom. The lowest BCUT2D eigenvalue weighted by Gasteiger charge is -2.13. The molecule has 0 aliphatic rings. The fourth-order valence-electron chi connectivity index (χ4n) is 0.475. The first kappa shape index (κ1) is 10.8. The topological polar surface area (TPSA) is 26.3 Å². The second-order valence-corrected chi connectivity index (χ2v) is 5.95. The molecule has 0 aromatic rings. The Labute approximate surface area is 71.1 Å². The van der Waals surface area contributed by atoms with E-state index in [0.717, 1.165) is 0 Å². The van der Waals surface area contributed by atoms with Gasteiger partial charge in [0.2, 0.25) is 0 Å². The quantitative estimate of drug-likeness (QED) is 0.519. The molecule has 0 aliphatic heterocycles. The normalized spacial score (nSPS) is 20.0. The molecule has 0 aliphatic carbocycles. The van der Waals surface area contributed by atoms with Crippen LogP contribution in [0.1, 0.15) is 20.3 Å². The van der Waals surface area contributed by atoms with Crippen molar-refractivity contribution in [3.8, 4) is 0 Å². The van der Waals surface area contributed by atoms with Crippen LogP contribution in [0.4, 0.5) is 0 Å². The maximum absolute atomic E-state index is 11.2. The number of halogens is 2. The molecule has 0 saturated carbocycles. The molecule has 0 N–H and O–H groups in total. The molecule has 2 atom stereocenters. The van der Waals surface area contributed by atoms with Gasteiger partial charge in [-0.2, -0.15) is 0 Å². The molecule has 0 amide bonds. The van der Waals surface area contributed by atoms with E-state index in [1.165, 1.54) is 0 Å². The smallest absolute Gasteiger partial charge is 0.307 e. The van der Waals surface area contributed by atoms with Gasteiger partial charge in [0.1, 0.15) is 5.12 Å². The summed E-state index contributed by atoms with van der Waals surface area (Å²) in [6, 6.07) is 0. The molecule has 0 fully saturated rings. The summed E-state index contributed by atoms with van der Waals surface area (Å²) in [6.45, 7) is 0.833. The predicted octanol–water partition coefficient (Wildman–Crippen LogP) is 3.43. The van der Waals surface area contributed by atoms with Crippen LogP contribution in [0.2, 0.25) is 0 Å². The van der Waals surface area contributed by atoms with Crippen molar-refractivity contribution in [2.24, 2.45) is 0 Å². The Balaban J connectivity index is 3.97. The third-order valence-electron chi connectivity index (χ3n) is 0.977. The third kappa shape index (κ3) is 3.25. The van der Waals surface area contributed by atoms with Crippen molar-refractivity contribution < 1.29 is 9.09 Å². The van der Waals surface area contributed by atoms with E-state index in [2.05, 4.69) is 0 Å². The van der Waals surface area contributed by atoms with Crippen LogP contribution < -0.4 is 0 Å². The largest absolute Gasteiger partial charge is 0.317 e.